The molecule has 1 fully saturated rings. The van der Waals surface area contributed by atoms with E-state index in [4.69, 9.17) is 33.7 Å². The van der Waals surface area contributed by atoms with Crippen molar-refractivity contribution in [3.05, 3.63) is 28.2 Å². The van der Waals surface area contributed by atoms with E-state index >= 15 is 0 Å². The summed E-state index contributed by atoms with van der Waals surface area (Å²) < 4.78 is 5.45. The summed E-state index contributed by atoms with van der Waals surface area (Å²) in [5, 5.41) is 3.61. The number of hydrogen-bond acceptors (Lipinski definition) is 3. The summed E-state index contributed by atoms with van der Waals surface area (Å²) >= 11 is 11.8. The fourth-order valence-electron chi connectivity index (χ4n) is 1.86. The Morgan fingerprint density at radius 3 is 2.81 bits per heavy atom. The molecule has 7 heteroatoms. The molecule has 21 heavy (non-hydrogen) atoms. The van der Waals surface area contributed by atoms with Gasteiger partial charge >= 0.3 is 0 Å². The first kappa shape index (κ1) is 18.4. The zero-order valence-corrected chi connectivity index (χ0v) is 13.8. The van der Waals surface area contributed by atoms with Crippen LogP contribution in [0, 0.1) is 5.92 Å². The molecule has 1 aliphatic rings. The molecule has 0 aromatic heterocycles. The summed E-state index contributed by atoms with van der Waals surface area (Å²) in [5.41, 5.74) is 5.91. The van der Waals surface area contributed by atoms with E-state index in [2.05, 4.69) is 5.32 Å². The minimum Gasteiger partial charge on any atom is -0.491 e. The third kappa shape index (κ3) is 5.91. The Morgan fingerprint density at radius 2 is 2.14 bits per heavy atom. The number of nitrogens with two attached hydrogens (primary N) is 1. The Labute approximate surface area is 140 Å². The first-order valence-electron chi connectivity index (χ1n) is 6.67. The number of nitrogens with one attached hydrogen (secondary N) is 1. The van der Waals surface area contributed by atoms with Crippen molar-refractivity contribution < 1.29 is 9.53 Å². The molecule has 0 radical (unpaired) electrons. The quantitative estimate of drug-likeness (QED) is 0.792. The van der Waals surface area contributed by atoms with Crippen molar-refractivity contribution in [2.45, 2.75) is 25.3 Å². The molecule has 1 atom stereocenters. The lowest BCUT2D eigenvalue weighted by molar-refractivity contribution is -0.121. The molecule has 0 bridgehead atoms. The monoisotopic (exact) mass is 352 g/mol. The molecule has 0 saturated heterocycles. The maximum atomic E-state index is 11.6. The van der Waals surface area contributed by atoms with Gasteiger partial charge in [0.15, 0.2) is 0 Å². The molecule has 1 aromatic rings. The van der Waals surface area contributed by atoms with E-state index in [1.165, 1.54) is 12.8 Å². The van der Waals surface area contributed by atoms with E-state index in [1.54, 1.807) is 18.2 Å². The van der Waals surface area contributed by atoms with Gasteiger partial charge in [0.1, 0.15) is 10.8 Å². The molecule has 0 heterocycles. The van der Waals surface area contributed by atoms with Crippen molar-refractivity contribution in [3.8, 4) is 5.75 Å². The molecule has 1 amide bonds. The molecule has 1 aliphatic carbocycles. The van der Waals surface area contributed by atoms with Crippen LogP contribution in [0.2, 0.25) is 10.0 Å². The van der Waals surface area contributed by atoms with Crippen LogP contribution in [0.4, 0.5) is 0 Å². The highest BCUT2D eigenvalue weighted by molar-refractivity contribution is 6.42. The smallest absolute Gasteiger partial charge is 0.223 e. The maximum Gasteiger partial charge on any atom is 0.223 e. The Hall–Kier alpha value is -0.680. The minimum absolute atomic E-state index is 0. The summed E-state index contributed by atoms with van der Waals surface area (Å²) in [6.07, 6.45) is 2.61. The molecule has 3 N–H and O–H groups in total. The zero-order chi connectivity index (χ0) is 14.5. The van der Waals surface area contributed by atoms with E-state index < -0.39 is 0 Å². The van der Waals surface area contributed by atoms with E-state index in [-0.39, 0.29) is 37.4 Å². The SMILES string of the molecule is Cl.NC(CNC(=O)CCOc1cccc(Cl)c1Cl)C1CC1. The Balaban J connectivity index is 0.00000220. The van der Waals surface area contributed by atoms with Gasteiger partial charge in [-0.3, -0.25) is 4.79 Å². The van der Waals surface area contributed by atoms with Crippen LogP contribution in [-0.4, -0.2) is 25.1 Å². The van der Waals surface area contributed by atoms with E-state index in [0.29, 0.717) is 28.3 Å². The second-order valence-corrected chi connectivity index (χ2v) is 5.74. The van der Waals surface area contributed by atoms with Crippen molar-refractivity contribution in [1.82, 2.24) is 5.32 Å². The summed E-state index contributed by atoms with van der Waals surface area (Å²) in [6, 6.07) is 5.22. The normalized spacial score (nSPS) is 15.0. The number of amides is 1. The molecule has 0 spiro atoms. The number of halogens is 3. The molecule has 2 rings (SSSR count). The fourth-order valence-corrected chi connectivity index (χ4v) is 2.21. The van der Waals surface area contributed by atoms with E-state index in [1.807, 2.05) is 0 Å². The molecule has 118 valence electrons. The summed E-state index contributed by atoms with van der Waals surface area (Å²) in [6.45, 7) is 0.784. The van der Waals surface area contributed by atoms with Gasteiger partial charge in [-0.2, -0.15) is 0 Å². The van der Waals surface area contributed by atoms with E-state index in [9.17, 15) is 4.79 Å². The van der Waals surface area contributed by atoms with Gasteiger partial charge in [0.05, 0.1) is 18.1 Å². The average molecular weight is 354 g/mol. The topological polar surface area (TPSA) is 64.3 Å². The first-order valence-corrected chi connectivity index (χ1v) is 7.42. The van der Waals surface area contributed by atoms with Crippen LogP contribution >= 0.6 is 35.6 Å². The van der Waals surface area contributed by atoms with Gasteiger partial charge < -0.3 is 15.8 Å². The molecule has 1 aromatic carbocycles. The Bertz CT molecular complexity index is 481. The lowest BCUT2D eigenvalue weighted by Gasteiger charge is -2.12. The van der Waals surface area contributed by atoms with Crippen LogP contribution < -0.4 is 15.8 Å². The Kier molecular flexibility index (Phi) is 7.60. The average Bonchev–Trinajstić information content (AvgIpc) is 3.25. The van der Waals surface area contributed by atoms with Crippen LogP contribution in [0.1, 0.15) is 19.3 Å². The van der Waals surface area contributed by atoms with Crippen molar-refractivity contribution in [3.63, 3.8) is 0 Å². The summed E-state index contributed by atoms with van der Waals surface area (Å²) in [7, 11) is 0. The predicted octanol–water partition coefficient (Wildman–Crippen LogP) is 3.04. The van der Waals surface area contributed by atoms with Crippen molar-refractivity contribution in [2.75, 3.05) is 13.2 Å². The van der Waals surface area contributed by atoms with Crippen LogP contribution in [0.15, 0.2) is 18.2 Å². The van der Waals surface area contributed by atoms with Gasteiger partial charge in [-0.1, -0.05) is 29.3 Å². The highest BCUT2D eigenvalue weighted by Gasteiger charge is 2.28. The minimum atomic E-state index is -0.0701. The second kappa shape index (κ2) is 8.69. The molecular formula is C14H19Cl3N2O2. The van der Waals surface area contributed by atoms with Gasteiger partial charge in [-0.15, -0.1) is 12.4 Å². The third-order valence-corrected chi connectivity index (χ3v) is 4.07. The van der Waals surface area contributed by atoms with Gasteiger partial charge in [-0.25, -0.2) is 0 Å². The molecule has 0 aliphatic heterocycles. The highest BCUT2D eigenvalue weighted by atomic mass is 35.5. The van der Waals surface area contributed by atoms with Crippen LogP contribution in [0.5, 0.6) is 5.75 Å². The number of benzene rings is 1. The van der Waals surface area contributed by atoms with Crippen molar-refractivity contribution in [1.29, 1.82) is 0 Å². The molecule has 4 nitrogen and oxygen atoms in total. The third-order valence-electron chi connectivity index (χ3n) is 3.27. The van der Waals surface area contributed by atoms with Gasteiger partial charge in [0.25, 0.3) is 0 Å². The standard InChI is InChI=1S/C14H18Cl2N2O2.ClH/c15-10-2-1-3-12(14(10)16)20-7-6-13(19)18-8-11(17)9-4-5-9;/h1-3,9,11H,4-8,17H2,(H,18,19);1H. The fraction of sp³-hybridized carbons (Fsp3) is 0.500. The van der Waals surface area contributed by atoms with Crippen molar-refractivity contribution >= 4 is 41.5 Å². The van der Waals surface area contributed by atoms with Crippen LogP contribution in [-0.2, 0) is 4.79 Å². The highest BCUT2D eigenvalue weighted by Crippen LogP contribution is 2.32. The Morgan fingerprint density at radius 1 is 1.43 bits per heavy atom. The number of carbonyl (C=O) groups is 1. The second-order valence-electron chi connectivity index (χ2n) is 4.96. The van der Waals surface area contributed by atoms with Gasteiger partial charge in [0, 0.05) is 12.6 Å². The van der Waals surface area contributed by atoms with Crippen molar-refractivity contribution in [2.24, 2.45) is 11.7 Å². The predicted molar refractivity (Wildman–Crippen MR) is 87.5 cm³/mol. The zero-order valence-electron chi connectivity index (χ0n) is 11.5. The number of carbonyl (C=O) groups excluding carboxylic acids is 1. The summed E-state index contributed by atoms with van der Waals surface area (Å²) in [5.74, 6) is 0.998. The molecular weight excluding hydrogens is 335 g/mol. The van der Waals surface area contributed by atoms with Crippen LogP contribution in [0.25, 0.3) is 0 Å². The van der Waals surface area contributed by atoms with Gasteiger partial charge in [0.2, 0.25) is 5.91 Å². The number of rotatable bonds is 7. The lowest BCUT2D eigenvalue weighted by Crippen LogP contribution is -2.38. The maximum absolute atomic E-state index is 11.6. The van der Waals surface area contributed by atoms with E-state index in [0.717, 1.165) is 0 Å². The molecule has 1 unspecified atom stereocenters. The summed E-state index contributed by atoms with van der Waals surface area (Å²) in [4.78, 5) is 11.6. The lowest BCUT2D eigenvalue weighted by atomic mass is 10.2. The van der Waals surface area contributed by atoms with Crippen LogP contribution in [0.3, 0.4) is 0 Å². The number of hydrogen-bond donors (Lipinski definition) is 2. The first-order chi connectivity index (χ1) is 9.58. The largest absolute Gasteiger partial charge is 0.491 e. The number of ether oxygens (including phenoxy) is 1. The van der Waals surface area contributed by atoms with Gasteiger partial charge in [-0.05, 0) is 30.9 Å². The molecule has 1 saturated carbocycles.